The number of alkyl halides is 1. The van der Waals surface area contributed by atoms with E-state index in [-0.39, 0.29) is 18.7 Å². The van der Waals surface area contributed by atoms with Crippen molar-refractivity contribution in [3.05, 3.63) is 22.7 Å². The maximum absolute atomic E-state index is 15.0. The Bertz CT molecular complexity index is 1000. The Morgan fingerprint density at radius 1 is 1.21 bits per heavy atom. The van der Waals surface area contributed by atoms with Crippen molar-refractivity contribution in [1.82, 2.24) is 9.55 Å². The minimum absolute atomic E-state index is 0.200. The van der Waals surface area contributed by atoms with Crippen molar-refractivity contribution in [3.63, 3.8) is 0 Å². The van der Waals surface area contributed by atoms with Gasteiger partial charge in [0.25, 0.3) is 0 Å². The number of phosphoric acid groups is 3. The zero-order valence-corrected chi connectivity index (χ0v) is 20.0. The van der Waals surface area contributed by atoms with Gasteiger partial charge in [0.15, 0.2) is 0 Å². The summed E-state index contributed by atoms with van der Waals surface area (Å²) in [4.78, 5) is 51.2. The van der Waals surface area contributed by atoms with E-state index in [4.69, 9.17) is 20.3 Å². The Morgan fingerprint density at radius 2 is 1.82 bits per heavy atom. The summed E-state index contributed by atoms with van der Waals surface area (Å²) in [5, 5.41) is 10.6. The Balaban J connectivity index is 3.17. The molecular formula is C13H25FN3O13P3. The number of halogens is 1. The van der Waals surface area contributed by atoms with Crippen LogP contribution in [0.2, 0.25) is 0 Å². The summed E-state index contributed by atoms with van der Waals surface area (Å²) >= 11 is 0. The molecule has 0 aliphatic heterocycles. The molecule has 0 saturated heterocycles. The molecule has 1 rings (SSSR count). The van der Waals surface area contributed by atoms with Gasteiger partial charge in [-0.15, -0.1) is 0 Å². The molecule has 0 aromatic carbocycles. The van der Waals surface area contributed by atoms with E-state index in [0.717, 1.165) is 19.4 Å². The number of nitrogens with two attached hydrogens (primary N) is 1. The lowest BCUT2D eigenvalue weighted by atomic mass is 9.90. The molecule has 0 saturated carbocycles. The van der Waals surface area contributed by atoms with Crippen LogP contribution in [0.25, 0.3) is 0 Å². The van der Waals surface area contributed by atoms with Crippen LogP contribution < -0.4 is 11.4 Å². The number of hydrogen-bond acceptors (Lipinski definition) is 11. The molecule has 0 aliphatic carbocycles. The van der Waals surface area contributed by atoms with Crippen LogP contribution in [-0.4, -0.2) is 59.7 Å². The SMILES string of the molecule is CCCC[C@](COP(=O)(O)OP(=O)(O)OP(=O)(O)O)(OC)[C@@H](O)[C@@H](F)n1ccc(N)nc1=O. The highest BCUT2D eigenvalue weighted by Gasteiger charge is 2.47. The molecule has 1 aromatic rings. The van der Waals surface area contributed by atoms with Gasteiger partial charge in [0.1, 0.15) is 17.5 Å². The summed E-state index contributed by atoms with van der Waals surface area (Å²) in [6, 6.07) is 1.08. The molecule has 0 radical (unpaired) electrons. The number of rotatable bonds is 14. The predicted molar refractivity (Wildman–Crippen MR) is 108 cm³/mol. The number of anilines is 1. The Morgan fingerprint density at radius 3 is 2.30 bits per heavy atom. The second-order valence-corrected chi connectivity index (χ2v) is 11.0. The van der Waals surface area contributed by atoms with Crippen LogP contribution in [0, 0.1) is 0 Å². The smallest absolute Gasteiger partial charge is 0.385 e. The fraction of sp³-hybridized carbons (Fsp3) is 0.692. The summed E-state index contributed by atoms with van der Waals surface area (Å²) in [6.45, 7) is 0.586. The van der Waals surface area contributed by atoms with Crippen LogP contribution in [-0.2, 0) is 31.6 Å². The lowest BCUT2D eigenvalue weighted by molar-refractivity contribution is -0.166. The third kappa shape index (κ3) is 9.25. The molecule has 33 heavy (non-hydrogen) atoms. The van der Waals surface area contributed by atoms with E-state index in [0.29, 0.717) is 11.0 Å². The number of unbranched alkanes of at least 4 members (excludes halogenated alkanes) is 1. The van der Waals surface area contributed by atoms with E-state index in [2.05, 4.69) is 18.1 Å². The lowest BCUT2D eigenvalue weighted by Gasteiger charge is -2.38. The number of ether oxygens (including phenoxy) is 1. The molecule has 2 unspecified atom stereocenters. The van der Waals surface area contributed by atoms with Crippen LogP contribution >= 0.6 is 23.5 Å². The van der Waals surface area contributed by atoms with Gasteiger partial charge in [-0.05, 0) is 12.5 Å². The van der Waals surface area contributed by atoms with E-state index >= 15 is 4.39 Å². The van der Waals surface area contributed by atoms with Crippen LogP contribution in [0.3, 0.4) is 0 Å². The van der Waals surface area contributed by atoms with E-state index in [9.17, 15) is 33.4 Å². The molecule has 0 aliphatic rings. The van der Waals surface area contributed by atoms with Crippen molar-refractivity contribution < 1.29 is 60.6 Å². The normalized spacial score (nSPS) is 19.8. The number of nitrogens with zero attached hydrogens (tertiary/aromatic N) is 2. The zero-order chi connectivity index (χ0) is 25.7. The fourth-order valence-corrected chi connectivity index (χ4v) is 5.65. The third-order valence-corrected chi connectivity index (χ3v) is 7.95. The van der Waals surface area contributed by atoms with Gasteiger partial charge < -0.3 is 35.2 Å². The minimum Gasteiger partial charge on any atom is -0.385 e. The van der Waals surface area contributed by atoms with E-state index < -0.39 is 53.8 Å². The van der Waals surface area contributed by atoms with Gasteiger partial charge in [0.05, 0.1) is 6.61 Å². The molecule has 7 N–H and O–H groups in total. The number of phosphoric ester groups is 1. The predicted octanol–water partition coefficient (Wildman–Crippen LogP) is 0.573. The van der Waals surface area contributed by atoms with Crippen molar-refractivity contribution in [3.8, 4) is 0 Å². The number of aliphatic hydroxyl groups is 1. The van der Waals surface area contributed by atoms with Gasteiger partial charge in [-0.25, -0.2) is 22.9 Å². The Kier molecular flexibility index (Phi) is 10.5. The van der Waals surface area contributed by atoms with Crippen LogP contribution in [0.4, 0.5) is 10.2 Å². The Hall–Kier alpha value is -1.06. The summed E-state index contributed by atoms with van der Waals surface area (Å²) < 4.78 is 66.5. The maximum atomic E-state index is 15.0. The van der Waals surface area contributed by atoms with Crippen LogP contribution in [0.1, 0.15) is 32.5 Å². The molecule has 0 bridgehead atoms. The van der Waals surface area contributed by atoms with Crippen molar-refractivity contribution in [1.29, 1.82) is 0 Å². The molecule has 192 valence electrons. The van der Waals surface area contributed by atoms with Crippen molar-refractivity contribution >= 4 is 29.3 Å². The molecular weight excluding hydrogens is 518 g/mol. The highest BCUT2D eigenvalue weighted by atomic mass is 31.3. The van der Waals surface area contributed by atoms with Crippen LogP contribution in [0.5, 0.6) is 0 Å². The number of nitrogen functional groups attached to an aromatic ring is 1. The zero-order valence-electron chi connectivity index (χ0n) is 17.3. The average molecular weight is 543 g/mol. The number of aromatic nitrogens is 2. The quantitative estimate of drug-likeness (QED) is 0.176. The maximum Gasteiger partial charge on any atom is 0.490 e. The van der Waals surface area contributed by atoms with Crippen molar-refractivity contribution in [2.75, 3.05) is 19.5 Å². The van der Waals surface area contributed by atoms with E-state index in [1.54, 1.807) is 6.92 Å². The number of methoxy groups -OCH3 is 1. The van der Waals surface area contributed by atoms with Crippen molar-refractivity contribution in [2.24, 2.45) is 0 Å². The first-order valence-corrected chi connectivity index (χ1v) is 13.5. The molecule has 16 nitrogen and oxygen atoms in total. The second-order valence-electron chi connectivity index (χ2n) is 6.60. The first-order chi connectivity index (χ1) is 15.0. The monoisotopic (exact) mass is 543 g/mol. The summed E-state index contributed by atoms with van der Waals surface area (Å²) in [5.41, 5.74) is 2.07. The molecule has 20 heteroatoms. The highest BCUT2D eigenvalue weighted by molar-refractivity contribution is 7.66. The van der Waals surface area contributed by atoms with Crippen molar-refractivity contribution in [2.45, 2.75) is 44.2 Å². The van der Waals surface area contributed by atoms with Gasteiger partial charge in [-0.2, -0.15) is 13.6 Å². The molecule has 1 heterocycles. The number of aliphatic hydroxyl groups excluding tert-OH is 1. The molecule has 0 spiro atoms. The van der Waals surface area contributed by atoms with E-state index in [1.807, 2.05) is 0 Å². The molecule has 0 fully saturated rings. The van der Waals surface area contributed by atoms with E-state index in [1.165, 1.54) is 0 Å². The third-order valence-electron chi connectivity index (χ3n) is 4.16. The minimum atomic E-state index is -5.79. The standard InChI is InChI=1S/C13H25FN3O13P3/c1-3-4-6-13(27-2,10(18)11(14)17-7-5-9(15)16-12(17)19)8-28-32(23,24)30-33(25,26)29-31(20,21)22/h5,7,10-11,18H,3-4,6,8H2,1-2H3,(H,23,24)(H,25,26)(H2,15,16,19)(H2,20,21,22)/t10-,11-,13+/m0/s1. The molecule has 5 atom stereocenters. The van der Waals surface area contributed by atoms with Gasteiger partial charge >= 0.3 is 29.2 Å². The van der Waals surface area contributed by atoms with Gasteiger partial charge in [-0.1, -0.05) is 19.8 Å². The molecule has 1 aromatic heterocycles. The van der Waals surface area contributed by atoms with Crippen LogP contribution in [0.15, 0.2) is 17.1 Å². The first-order valence-electron chi connectivity index (χ1n) is 8.98. The summed E-state index contributed by atoms with van der Waals surface area (Å²) in [6.07, 6.45) is -3.29. The highest BCUT2D eigenvalue weighted by Crippen LogP contribution is 2.66. The largest absolute Gasteiger partial charge is 0.490 e. The number of hydrogen-bond donors (Lipinski definition) is 6. The molecule has 0 amide bonds. The van der Waals surface area contributed by atoms with Gasteiger partial charge in [0, 0.05) is 13.3 Å². The fourth-order valence-electron chi connectivity index (χ4n) is 2.57. The van der Waals surface area contributed by atoms with Gasteiger partial charge in [-0.3, -0.25) is 9.09 Å². The Labute approximate surface area is 186 Å². The van der Waals surface area contributed by atoms with Gasteiger partial charge in [0.2, 0.25) is 6.30 Å². The topological polar surface area (TPSA) is 250 Å². The average Bonchev–Trinajstić information content (AvgIpc) is 2.64. The lowest BCUT2D eigenvalue weighted by Crippen LogP contribution is -2.52. The first kappa shape index (κ1) is 30.0. The summed E-state index contributed by atoms with van der Waals surface area (Å²) in [7, 11) is -16.0. The second kappa shape index (κ2) is 11.6. The summed E-state index contributed by atoms with van der Waals surface area (Å²) in [5.74, 6) is -0.213.